The van der Waals surface area contributed by atoms with Gasteiger partial charge in [-0.2, -0.15) is 13.2 Å². The molecule has 1 fully saturated rings. The van der Waals surface area contributed by atoms with E-state index in [1.807, 2.05) is 0 Å². The average Bonchev–Trinajstić information content (AvgIpc) is 2.51. The average molecular weight is 359 g/mol. The summed E-state index contributed by atoms with van der Waals surface area (Å²) in [6, 6.07) is 5.04. The summed E-state index contributed by atoms with van der Waals surface area (Å²) in [6.45, 7) is 6.29. The van der Waals surface area contributed by atoms with E-state index in [0.717, 1.165) is 44.1 Å². The summed E-state index contributed by atoms with van der Waals surface area (Å²) in [5, 5.41) is 6.21. The van der Waals surface area contributed by atoms with E-state index in [0.29, 0.717) is 17.3 Å². The lowest BCUT2D eigenvalue weighted by Crippen LogP contribution is -2.37. The van der Waals surface area contributed by atoms with Gasteiger partial charge in [-0.1, -0.05) is 13.0 Å². The van der Waals surface area contributed by atoms with Crippen molar-refractivity contribution in [3.8, 4) is 0 Å². The Balaban J connectivity index is 1.70. The lowest BCUT2D eigenvalue weighted by atomic mass is 10.0. The number of thiocarbonyl (C=S) groups is 1. The van der Waals surface area contributed by atoms with Gasteiger partial charge in [0.1, 0.15) is 0 Å². The maximum atomic E-state index is 12.7. The van der Waals surface area contributed by atoms with Crippen LogP contribution in [0.15, 0.2) is 24.3 Å². The zero-order valence-electron chi connectivity index (χ0n) is 13.8. The Labute approximate surface area is 146 Å². The van der Waals surface area contributed by atoms with Gasteiger partial charge in [0.25, 0.3) is 0 Å². The Bertz CT molecular complexity index is 548. The van der Waals surface area contributed by atoms with Crippen molar-refractivity contribution < 1.29 is 13.2 Å². The molecular weight excluding hydrogens is 335 g/mol. The minimum absolute atomic E-state index is 0.340. The van der Waals surface area contributed by atoms with E-state index in [1.54, 1.807) is 6.07 Å². The third-order valence-corrected chi connectivity index (χ3v) is 4.37. The molecule has 2 N–H and O–H groups in total. The Morgan fingerprint density at radius 3 is 2.88 bits per heavy atom. The zero-order chi connectivity index (χ0) is 17.6. The van der Waals surface area contributed by atoms with E-state index in [-0.39, 0.29) is 0 Å². The SMILES string of the molecule is C[C@H]1CCCN(CCCNC(=S)Nc2cccc(C(F)(F)F)c2)C1. The third-order valence-electron chi connectivity index (χ3n) is 4.13. The van der Waals surface area contributed by atoms with Crippen LogP contribution in [0.4, 0.5) is 18.9 Å². The molecule has 0 saturated carbocycles. The maximum Gasteiger partial charge on any atom is 0.416 e. The van der Waals surface area contributed by atoms with Crippen LogP contribution in [0.25, 0.3) is 0 Å². The molecule has 0 radical (unpaired) electrons. The number of nitrogens with one attached hydrogen (secondary N) is 2. The third kappa shape index (κ3) is 6.28. The fourth-order valence-corrected chi connectivity index (χ4v) is 3.16. The number of hydrogen-bond acceptors (Lipinski definition) is 2. The van der Waals surface area contributed by atoms with Crippen LogP contribution in [0.1, 0.15) is 31.7 Å². The van der Waals surface area contributed by atoms with Crippen molar-refractivity contribution in [2.24, 2.45) is 5.92 Å². The fourth-order valence-electron chi connectivity index (χ4n) is 2.94. The number of benzene rings is 1. The van der Waals surface area contributed by atoms with E-state index in [1.165, 1.54) is 18.9 Å². The topological polar surface area (TPSA) is 27.3 Å². The summed E-state index contributed by atoms with van der Waals surface area (Å²) >= 11 is 5.14. The van der Waals surface area contributed by atoms with Gasteiger partial charge < -0.3 is 15.5 Å². The molecule has 3 nitrogen and oxygen atoms in total. The molecule has 1 heterocycles. The van der Waals surface area contributed by atoms with Crippen molar-refractivity contribution in [1.82, 2.24) is 10.2 Å². The molecule has 1 aliphatic heterocycles. The molecular formula is C17H24F3N3S. The predicted molar refractivity (Wildman–Crippen MR) is 95.1 cm³/mol. The second kappa shape index (κ2) is 8.67. The Morgan fingerprint density at radius 1 is 1.38 bits per heavy atom. The summed E-state index contributed by atoms with van der Waals surface area (Å²) in [4.78, 5) is 2.46. The predicted octanol–water partition coefficient (Wildman–Crippen LogP) is 4.11. The molecule has 24 heavy (non-hydrogen) atoms. The van der Waals surface area contributed by atoms with E-state index in [2.05, 4.69) is 22.5 Å². The van der Waals surface area contributed by atoms with Crippen molar-refractivity contribution in [2.75, 3.05) is 31.5 Å². The van der Waals surface area contributed by atoms with Gasteiger partial charge in [0.2, 0.25) is 0 Å². The maximum absolute atomic E-state index is 12.7. The van der Waals surface area contributed by atoms with Crippen LogP contribution in [0, 0.1) is 5.92 Å². The van der Waals surface area contributed by atoms with E-state index in [9.17, 15) is 13.2 Å². The van der Waals surface area contributed by atoms with Crippen molar-refractivity contribution in [3.63, 3.8) is 0 Å². The monoisotopic (exact) mass is 359 g/mol. The first-order valence-electron chi connectivity index (χ1n) is 8.29. The molecule has 1 atom stereocenters. The van der Waals surface area contributed by atoms with E-state index in [4.69, 9.17) is 12.2 Å². The molecule has 2 rings (SSSR count). The summed E-state index contributed by atoms with van der Waals surface area (Å²) in [5.74, 6) is 0.760. The van der Waals surface area contributed by atoms with Gasteiger partial charge in [-0.3, -0.25) is 0 Å². The van der Waals surface area contributed by atoms with Gasteiger partial charge in [0.05, 0.1) is 5.56 Å². The molecule has 0 aromatic heterocycles. The first kappa shape index (κ1) is 19.0. The van der Waals surface area contributed by atoms with Gasteiger partial charge in [-0.15, -0.1) is 0 Å². The summed E-state index contributed by atoms with van der Waals surface area (Å²) in [5.41, 5.74) is -0.346. The number of nitrogens with zero attached hydrogens (tertiary/aromatic N) is 1. The number of likely N-dealkylation sites (tertiary alicyclic amines) is 1. The molecule has 1 aliphatic rings. The van der Waals surface area contributed by atoms with Gasteiger partial charge in [-0.25, -0.2) is 0 Å². The Morgan fingerprint density at radius 2 is 2.17 bits per heavy atom. The molecule has 0 bridgehead atoms. The largest absolute Gasteiger partial charge is 0.416 e. The molecule has 134 valence electrons. The van der Waals surface area contributed by atoms with Crippen LogP contribution in [-0.2, 0) is 6.18 Å². The van der Waals surface area contributed by atoms with Crippen LogP contribution in [0.2, 0.25) is 0 Å². The summed E-state index contributed by atoms with van der Waals surface area (Å²) in [6.07, 6.45) is -0.834. The molecule has 0 aliphatic carbocycles. The zero-order valence-corrected chi connectivity index (χ0v) is 14.6. The van der Waals surface area contributed by atoms with Crippen LogP contribution in [-0.4, -0.2) is 36.2 Å². The van der Waals surface area contributed by atoms with Gasteiger partial charge in [-0.05, 0) is 68.7 Å². The Kier molecular flexibility index (Phi) is 6.86. The highest BCUT2D eigenvalue weighted by molar-refractivity contribution is 7.80. The number of piperidine rings is 1. The minimum atomic E-state index is -4.35. The highest BCUT2D eigenvalue weighted by Gasteiger charge is 2.30. The van der Waals surface area contributed by atoms with Crippen molar-refractivity contribution in [2.45, 2.75) is 32.4 Å². The second-order valence-electron chi connectivity index (χ2n) is 6.36. The van der Waals surface area contributed by atoms with Crippen LogP contribution in [0.3, 0.4) is 0 Å². The highest BCUT2D eigenvalue weighted by atomic mass is 32.1. The second-order valence-corrected chi connectivity index (χ2v) is 6.77. The number of hydrogen-bond donors (Lipinski definition) is 2. The fraction of sp³-hybridized carbons (Fsp3) is 0.588. The number of halogens is 3. The van der Waals surface area contributed by atoms with E-state index < -0.39 is 11.7 Å². The van der Waals surface area contributed by atoms with Crippen molar-refractivity contribution >= 4 is 23.0 Å². The molecule has 1 aromatic carbocycles. The molecule has 0 amide bonds. The molecule has 7 heteroatoms. The van der Waals surface area contributed by atoms with Crippen molar-refractivity contribution in [3.05, 3.63) is 29.8 Å². The first-order chi connectivity index (χ1) is 11.3. The lowest BCUT2D eigenvalue weighted by molar-refractivity contribution is -0.137. The Hall–Kier alpha value is -1.34. The normalized spacial score (nSPS) is 19.1. The quantitative estimate of drug-likeness (QED) is 0.611. The molecule has 0 spiro atoms. The molecule has 1 aromatic rings. The number of alkyl halides is 3. The summed E-state index contributed by atoms with van der Waals surface area (Å²) in [7, 11) is 0. The standard InChI is InChI=1S/C17H24F3N3S/c1-13-5-3-9-23(12-13)10-4-8-21-16(24)22-15-7-2-6-14(11-15)17(18,19)20/h2,6-7,11,13H,3-5,8-10,12H2,1H3,(H2,21,22,24)/t13-/m0/s1. The van der Waals surface area contributed by atoms with Crippen LogP contribution in [0.5, 0.6) is 0 Å². The minimum Gasteiger partial charge on any atom is -0.362 e. The smallest absolute Gasteiger partial charge is 0.362 e. The summed E-state index contributed by atoms with van der Waals surface area (Å²) < 4.78 is 38.0. The van der Waals surface area contributed by atoms with Crippen LogP contribution < -0.4 is 10.6 Å². The van der Waals surface area contributed by atoms with Gasteiger partial charge >= 0.3 is 6.18 Å². The van der Waals surface area contributed by atoms with Crippen molar-refractivity contribution in [1.29, 1.82) is 0 Å². The van der Waals surface area contributed by atoms with Gasteiger partial charge in [0, 0.05) is 18.8 Å². The number of rotatable bonds is 5. The lowest BCUT2D eigenvalue weighted by Gasteiger charge is -2.30. The molecule has 1 saturated heterocycles. The van der Waals surface area contributed by atoms with E-state index >= 15 is 0 Å². The number of anilines is 1. The first-order valence-corrected chi connectivity index (χ1v) is 8.70. The van der Waals surface area contributed by atoms with Crippen LogP contribution >= 0.6 is 12.2 Å². The molecule has 0 unspecified atom stereocenters. The highest BCUT2D eigenvalue weighted by Crippen LogP contribution is 2.30. The van der Waals surface area contributed by atoms with Gasteiger partial charge in [0.15, 0.2) is 5.11 Å².